The van der Waals surface area contributed by atoms with Crippen LogP contribution in [0.5, 0.6) is 0 Å². The summed E-state index contributed by atoms with van der Waals surface area (Å²) in [7, 11) is 0. The first-order valence-electron chi connectivity index (χ1n) is 5.02. The number of hydrogen-bond acceptors (Lipinski definition) is 7. The van der Waals surface area contributed by atoms with Crippen LogP contribution < -0.4 is 5.73 Å². The lowest BCUT2D eigenvalue weighted by atomic mass is 9.89. The number of amidine groups is 1. The third-order valence-electron chi connectivity index (χ3n) is 2.24. The Morgan fingerprint density at radius 3 is 2.17 bits per heavy atom. The van der Waals surface area contributed by atoms with Gasteiger partial charge in [-0.3, -0.25) is 14.7 Å². The standard InChI is InChI=1S/C9H14N4O4.H2O/c1-5(2)4-11-6(10)9(3)7(14)16-12-13-17-8(9)15;/h5H,4H2,1-3H3,(H2,10,11);1H2. The number of carbonyl (C=O) groups excluding carboxylic acids is 2. The average molecular weight is 260 g/mol. The third kappa shape index (κ3) is 3.00. The average Bonchev–Trinajstić information content (AvgIpc) is 2.40. The highest BCUT2D eigenvalue weighted by Gasteiger charge is 2.51. The zero-order chi connectivity index (χ0) is 13.1. The molecule has 1 aliphatic rings. The largest absolute Gasteiger partial charge is 0.412 e. The normalized spacial score (nSPS) is 18.8. The van der Waals surface area contributed by atoms with Crippen molar-refractivity contribution in [1.29, 1.82) is 0 Å². The first kappa shape index (κ1) is 16.0. The van der Waals surface area contributed by atoms with Gasteiger partial charge in [0.25, 0.3) is 0 Å². The fourth-order valence-electron chi connectivity index (χ4n) is 1.02. The molecule has 0 aromatic carbocycles. The summed E-state index contributed by atoms with van der Waals surface area (Å²) in [5, 5.41) is 5.79. The van der Waals surface area contributed by atoms with Crippen LogP contribution in [-0.4, -0.2) is 29.8 Å². The molecule has 0 saturated heterocycles. The number of hydrogen-bond donors (Lipinski definition) is 1. The van der Waals surface area contributed by atoms with E-state index in [0.29, 0.717) is 6.54 Å². The van der Waals surface area contributed by atoms with Gasteiger partial charge in [0.05, 0.1) is 10.6 Å². The van der Waals surface area contributed by atoms with Gasteiger partial charge < -0.3 is 11.2 Å². The van der Waals surface area contributed by atoms with Crippen molar-refractivity contribution in [2.75, 3.05) is 6.54 Å². The Bertz CT molecular complexity index is 370. The SMILES string of the molecule is CC(C)CN=C(N)C1(C)C(=O)ON=NOC1=O.O. The van der Waals surface area contributed by atoms with E-state index in [-0.39, 0.29) is 17.2 Å². The third-order valence-corrected chi connectivity index (χ3v) is 2.24. The lowest BCUT2D eigenvalue weighted by Gasteiger charge is -2.19. The summed E-state index contributed by atoms with van der Waals surface area (Å²) in [6.07, 6.45) is 0. The van der Waals surface area contributed by atoms with Crippen LogP contribution in [0.25, 0.3) is 0 Å². The van der Waals surface area contributed by atoms with Crippen molar-refractivity contribution in [2.24, 2.45) is 32.6 Å². The van der Waals surface area contributed by atoms with Gasteiger partial charge in [-0.25, -0.2) is 9.59 Å². The highest BCUT2D eigenvalue weighted by atomic mass is 16.8. The van der Waals surface area contributed by atoms with E-state index in [0.717, 1.165) is 0 Å². The Hall–Kier alpha value is -2.03. The van der Waals surface area contributed by atoms with Crippen molar-refractivity contribution in [3.63, 3.8) is 0 Å². The molecule has 1 rings (SSSR count). The van der Waals surface area contributed by atoms with Gasteiger partial charge in [-0.2, -0.15) is 0 Å². The first-order chi connectivity index (χ1) is 7.89. The summed E-state index contributed by atoms with van der Waals surface area (Å²) in [6.45, 7) is 5.49. The number of carbonyl (C=O) groups is 2. The van der Waals surface area contributed by atoms with E-state index in [1.807, 2.05) is 13.8 Å². The number of nitrogens with zero attached hydrogens (tertiary/aromatic N) is 3. The second-order valence-electron chi connectivity index (χ2n) is 4.17. The fourth-order valence-corrected chi connectivity index (χ4v) is 1.02. The van der Waals surface area contributed by atoms with E-state index >= 15 is 0 Å². The van der Waals surface area contributed by atoms with E-state index in [4.69, 9.17) is 5.73 Å². The Labute approximate surface area is 103 Å². The van der Waals surface area contributed by atoms with Crippen LogP contribution in [0.1, 0.15) is 20.8 Å². The van der Waals surface area contributed by atoms with Gasteiger partial charge in [-0.1, -0.05) is 13.8 Å². The van der Waals surface area contributed by atoms with Crippen LogP contribution in [0.15, 0.2) is 15.5 Å². The van der Waals surface area contributed by atoms with Crippen LogP contribution in [0.2, 0.25) is 0 Å². The Kier molecular flexibility index (Phi) is 5.37. The molecule has 0 bridgehead atoms. The van der Waals surface area contributed by atoms with E-state index in [1.165, 1.54) is 6.92 Å². The second kappa shape index (κ2) is 6.05. The van der Waals surface area contributed by atoms with Crippen LogP contribution in [0.3, 0.4) is 0 Å². The van der Waals surface area contributed by atoms with Crippen molar-refractivity contribution in [2.45, 2.75) is 20.8 Å². The molecular weight excluding hydrogens is 244 g/mol. The summed E-state index contributed by atoms with van der Waals surface area (Å²) < 4.78 is 0. The summed E-state index contributed by atoms with van der Waals surface area (Å²) in [4.78, 5) is 35.8. The van der Waals surface area contributed by atoms with Crippen molar-refractivity contribution < 1.29 is 24.7 Å². The minimum absolute atomic E-state index is 0. The van der Waals surface area contributed by atoms with Crippen LogP contribution in [-0.2, 0) is 19.3 Å². The molecule has 0 fully saturated rings. The van der Waals surface area contributed by atoms with Gasteiger partial charge in [0.15, 0.2) is 0 Å². The van der Waals surface area contributed by atoms with Gasteiger partial charge in [-0.05, 0) is 12.8 Å². The van der Waals surface area contributed by atoms with Crippen molar-refractivity contribution in [3.8, 4) is 0 Å². The summed E-state index contributed by atoms with van der Waals surface area (Å²) in [5.41, 5.74) is 3.84. The fraction of sp³-hybridized carbons (Fsp3) is 0.667. The van der Waals surface area contributed by atoms with Crippen LogP contribution in [0, 0.1) is 11.3 Å². The smallest absolute Gasteiger partial charge is 0.361 e. The Morgan fingerprint density at radius 2 is 1.78 bits per heavy atom. The molecule has 9 heteroatoms. The Morgan fingerprint density at radius 1 is 1.33 bits per heavy atom. The van der Waals surface area contributed by atoms with Gasteiger partial charge in [0.1, 0.15) is 5.84 Å². The van der Waals surface area contributed by atoms with Gasteiger partial charge >= 0.3 is 11.9 Å². The minimum atomic E-state index is -1.81. The second-order valence-corrected chi connectivity index (χ2v) is 4.17. The predicted molar refractivity (Wildman–Crippen MR) is 60.1 cm³/mol. The lowest BCUT2D eigenvalue weighted by molar-refractivity contribution is -0.160. The van der Waals surface area contributed by atoms with Crippen molar-refractivity contribution in [3.05, 3.63) is 0 Å². The molecule has 1 heterocycles. The zero-order valence-electron chi connectivity index (χ0n) is 10.3. The molecule has 1 aliphatic heterocycles. The number of nitrogens with two attached hydrogens (primary N) is 1. The van der Waals surface area contributed by atoms with Gasteiger partial charge in [0, 0.05) is 6.54 Å². The molecule has 4 N–H and O–H groups in total. The zero-order valence-corrected chi connectivity index (χ0v) is 10.3. The van der Waals surface area contributed by atoms with E-state index in [1.54, 1.807) is 0 Å². The molecule has 0 saturated carbocycles. The molecule has 0 aromatic heterocycles. The predicted octanol–water partition coefficient (Wildman–Crippen LogP) is -0.437. The summed E-state index contributed by atoms with van der Waals surface area (Å²) in [5.74, 6) is -1.86. The molecule has 0 aliphatic carbocycles. The van der Waals surface area contributed by atoms with E-state index in [2.05, 4.69) is 25.2 Å². The Balaban J connectivity index is 0.00000289. The first-order valence-corrected chi connectivity index (χ1v) is 5.02. The monoisotopic (exact) mass is 260 g/mol. The van der Waals surface area contributed by atoms with Gasteiger partial charge in [0.2, 0.25) is 5.41 Å². The maximum absolute atomic E-state index is 11.6. The molecule has 102 valence electrons. The molecule has 0 atom stereocenters. The molecule has 18 heavy (non-hydrogen) atoms. The topological polar surface area (TPSA) is 147 Å². The molecule has 0 unspecified atom stereocenters. The highest BCUT2D eigenvalue weighted by molar-refractivity contribution is 6.20. The quantitative estimate of drug-likeness (QED) is 0.415. The molecule has 0 radical (unpaired) electrons. The maximum Gasteiger partial charge on any atom is 0.361 e. The maximum atomic E-state index is 11.6. The van der Waals surface area contributed by atoms with Crippen molar-refractivity contribution in [1.82, 2.24) is 0 Å². The number of rotatable bonds is 3. The summed E-state index contributed by atoms with van der Waals surface area (Å²) >= 11 is 0. The molecule has 9 nitrogen and oxygen atoms in total. The minimum Gasteiger partial charge on any atom is -0.412 e. The lowest BCUT2D eigenvalue weighted by Crippen LogP contribution is -2.48. The summed E-state index contributed by atoms with van der Waals surface area (Å²) in [6, 6.07) is 0. The molecule has 0 spiro atoms. The van der Waals surface area contributed by atoms with E-state index < -0.39 is 17.4 Å². The van der Waals surface area contributed by atoms with Crippen LogP contribution in [0.4, 0.5) is 0 Å². The number of aliphatic imine (C=N–C) groups is 1. The highest BCUT2D eigenvalue weighted by Crippen LogP contribution is 2.24. The molecular formula is C9H16N4O5. The van der Waals surface area contributed by atoms with Crippen molar-refractivity contribution >= 4 is 17.8 Å². The van der Waals surface area contributed by atoms with Gasteiger partial charge in [-0.15, -0.1) is 0 Å². The van der Waals surface area contributed by atoms with Crippen LogP contribution >= 0.6 is 0 Å². The molecule has 0 aromatic rings. The van der Waals surface area contributed by atoms with E-state index in [9.17, 15) is 9.59 Å². The molecule has 0 amide bonds.